The van der Waals surface area contributed by atoms with Crippen molar-refractivity contribution in [3.63, 3.8) is 0 Å². The first-order valence-electron chi connectivity index (χ1n) is 0. The third kappa shape index (κ3) is 26.2. The molecule has 0 saturated heterocycles. The summed E-state index contributed by atoms with van der Waals surface area (Å²) in [6, 6.07) is 0. The number of rotatable bonds is 0. The molecule has 0 aromatic heterocycles. The van der Waals surface area contributed by atoms with E-state index in [0.717, 1.165) is 0 Å². The van der Waals surface area contributed by atoms with Gasteiger partial charge in [-0.15, -0.1) is 0 Å². The molecule has 0 unspecified atom stereocenters. The first kappa shape index (κ1) is 57.4. The van der Waals surface area contributed by atoms with E-state index >= 15 is 0 Å². The zero-order valence-electron chi connectivity index (χ0n) is 3.46. The summed E-state index contributed by atoms with van der Waals surface area (Å²) in [5, 5.41) is 0. The quantitative estimate of drug-likeness (QED) is 0.337. The Morgan fingerprint density at radius 1 is 0.667 bits per heavy atom. The molecule has 0 heterocycles. The molecule has 32 valence electrons. The Labute approximate surface area is 122 Å². The van der Waals surface area contributed by atoms with E-state index in [2.05, 4.69) is 0 Å². The first-order chi connectivity index (χ1) is 0. The van der Waals surface area contributed by atoms with Crippen LogP contribution in [0.15, 0.2) is 0 Å². The van der Waals surface area contributed by atoms with Gasteiger partial charge >= 0.3 is 89.1 Å². The van der Waals surface area contributed by atoms with Crippen molar-refractivity contribution in [2.24, 2.45) is 0 Å². The van der Waals surface area contributed by atoms with Crippen LogP contribution in [0, 0.1) is 0 Å². The van der Waals surface area contributed by atoms with Gasteiger partial charge in [0.25, 0.3) is 0 Å². The maximum absolute atomic E-state index is 0. The van der Waals surface area contributed by atoms with E-state index in [1.54, 1.807) is 0 Å². The van der Waals surface area contributed by atoms with Crippen LogP contribution in [0.2, 0.25) is 0 Å². The molecule has 0 amide bonds. The van der Waals surface area contributed by atoms with Crippen molar-refractivity contribution in [3.05, 3.63) is 0 Å². The van der Waals surface area contributed by atoms with Gasteiger partial charge in [-0.05, 0) is 0 Å². The normalized spacial score (nSPS) is 0. The van der Waals surface area contributed by atoms with Gasteiger partial charge in [-0.25, -0.2) is 0 Å². The molecule has 0 aliphatic rings. The Kier molecular flexibility index (Phi) is 381. The maximum Gasteiger partial charge on any atom is 2.00 e. The molecular weight excluding hydrogens is 182 g/mol. The van der Waals surface area contributed by atoms with Crippen molar-refractivity contribution >= 4 is 37.7 Å². The minimum absolute atomic E-state index is 0. The van der Waals surface area contributed by atoms with Crippen molar-refractivity contribution < 1.29 is 87.2 Å². The van der Waals surface area contributed by atoms with Crippen molar-refractivity contribution in [3.8, 4) is 0 Å². The summed E-state index contributed by atoms with van der Waals surface area (Å²) in [5.41, 5.74) is 0. The molecule has 0 aliphatic heterocycles. The molecule has 0 saturated carbocycles. The van der Waals surface area contributed by atoms with Crippen LogP contribution >= 0.6 is 0 Å². The van der Waals surface area contributed by atoms with Crippen LogP contribution in [0.5, 0.6) is 0 Å². The van der Waals surface area contributed by atoms with Crippen LogP contribution in [0.25, 0.3) is 0 Å². The van der Waals surface area contributed by atoms with Gasteiger partial charge in [0.15, 0.2) is 0 Å². The van der Waals surface area contributed by atoms with Crippen LogP contribution in [0.3, 0.4) is 0 Å². The molecule has 0 atom stereocenters. The molecule has 0 aromatic rings. The summed E-state index contributed by atoms with van der Waals surface area (Å²) >= 11 is 0. The molecule has 6 heteroatoms. The second kappa shape index (κ2) is 39.8. The van der Waals surface area contributed by atoms with Crippen LogP contribution < -0.4 is 76.2 Å². The van der Waals surface area contributed by atoms with Crippen LogP contribution in [0.4, 0.5) is 0 Å². The molecule has 0 bridgehead atoms. The van der Waals surface area contributed by atoms with E-state index in [-0.39, 0.29) is 125 Å². The van der Waals surface area contributed by atoms with Crippen molar-refractivity contribution in [2.45, 2.75) is 0 Å². The topological polar surface area (TPSA) is 63.0 Å². The summed E-state index contributed by atoms with van der Waals surface area (Å²) in [4.78, 5) is 0. The van der Waals surface area contributed by atoms with Gasteiger partial charge in [0.05, 0.1) is 0 Å². The zero-order valence-corrected chi connectivity index (χ0v) is 10.3. The van der Waals surface area contributed by atoms with E-state index in [1.165, 1.54) is 0 Å². The predicted octanol–water partition coefficient (Wildman–Crippen LogP) is -11.0. The Balaban J connectivity index is 0. The van der Waals surface area contributed by atoms with Crippen LogP contribution in [-0.2, 0) is 0 Å². The molecule has 0 rings (SSSR count). The summed E-state index contributed by atoms with van der Waals surface area (Å²) in [6.45, 7) is 0. The van der Waals surface area contributed by atoms with Crippen molar-refractivity contribution in [1.29, 1.82) is 0 Å². The summed E-state index contributed by atoms with van der Waals surface area (Å²) in [6.07, 6.45) is 0. The van der Waals surface area contributed by atoms with Gasteiger partial charge in [-0.1, -0.05) is 0 Å². The first-order valence-corrected chi connectivity index (χ1v) is 0. The molecule has 0 spiro atoms. The van der Waals surface area contributed by atoms with Gasteiger partial charge < -0.3 is 35.8 Å². The van der Waals surface area contributed by atoms with Crippen molar-refractivity contribution in [1.82, 2.24) is 0 Å². The van der Waals surface area contributed by atoms with E-state index in [4.69, 9.17) is 0 Å². The molecule has 4 N–H and O–H groups in total. The van der Waals surface area contributed by atoms with Gasteiger partial charge in [-0.3, -0.25) is 0 Å². The van der Waals surface area contributed by atoms with E-state index in [0.29, 0.717) is 0 Å². The fourth-order valence-corrected chi connectivity index (χ4v) is 0. The monoisotopic (exact) mass is 185 g/mol. The van der Waals surface area contributed by atoms with E-state index in [1.807, 2.05) is 0 Å². The minimum Gasteiger partial charge on any atom is -1.00 e. The molecule has 0 aliphatic carbocycles. The standard InChI is InChI=1S/Ca.2ClH.K.2H2O/h;2*1H;;2*1H2/q+2;;;+1;;/p-2. The zero-order chi connectivity index (χ0) is 0. The second-order valence-corrected chi connectivity index (χ2v) is 0. The largest absolute Gasteiger partial charge is 2.00 e. The molecule has 2 nitrogen and oxygen atoms in total. The average molecular weight is 186 g/mol. The van der Waals surface area contributed by atoms with Gasteiger partial charge in [0, 0.05) is 0 Å². The fraction of sp³-hybridized carbons (Fsp3) is 0. The van der Waals surface area contributed by atoms with Crippen LogP contribution in [-0.4, -0.2) is 48.7 Å². The Morgan fingerprint density at radius 2 is 0.667 bits per heavy atom. The Hall–Kier alpha value is 3.40. The molecule has 0 fully saturated rings. The summed E-state index contributed by atoms with van der Waals surface area (Å²) < 4.78 is 0. The molecule has 0 aromatic carbocycles. The number of hydrogen-bond donors (Lipinski definition) is 0. The third-order valence-corrected chi connectivity index (χ3v) is 0. The van der Waals surface area contributed by atoms with E-state index < -0.39 is 0 Å². The summed E-state index contributed by atoms with van der Waals surface area (Å²) in [5.74, 6) is 0. The molecular formula is H4CaCl2KO2+. The fourth-order valence-electron chi connectivity index (χ4n) is 0. The Bertz CT molecular complexity index is 11.5. The van der Waals surface area contributed by atoms with Gasteiger partial charge in [0.2, 0.25) is 0 Å². The predicted molar refractivity (Wildman–Crippen MR) is 13.0 cm³/mol. The minimum atomic E-state index is 0. The van der Waals surface area contributed by atoms with Crippen LogP contribution in [0.1, 0.15) is 0 Å². The Morgan fingerprint density at radius 3 is 0.667 bits per heavy atom. The smallest absolute Gasteiger partial charge is 1.00 e. The van der Waals surface area contributed by atoms with Crippen molar-refractivity contribution in [2.75, 3.05) is 0 Å². The number of hydrogen-bond acceptors (Lipinski definition) is 0. The molecule has 6 heavy (non-hydrogen) atoms. The average Bonchev–Trinajstić information content (AvgIpc) is 0. The second-order valence-electron chi connectivity index (χ2n) is 0. The SMILES string of the molecule is O.O.[Ca+2].[Cl-].[Cl-].[K+]. The molecule has 0 radical (unpaired) electrons. The third-order valence-electron chi connectivity index (χ3n) is 0. The summed E-state index contributed by atoms with van der Waals surface area (Å²) in [7, 11) is 0. The maximum atomic E-state index is 0. The van der Waals surface area contributed by atoms with Gasteiger partial charge in [-0.2, -0.15) is 0 Å². The number of halogens is 2. The van der Waals surface area contributed by atoms with E-state index in [9.17, 15) is 0 Å². The van der Waals surface area contributed by atoms with Gasteiger partial charge in [0.1, 0.15) is 0 Å².